The number of thiocarbonyl (C=S) groups is 1. The van der Waals surface area contributed by atoms with Crippen molar-refractivity contribution in [1.29, 1.82) is 0 Å². The van der Waals surface area contributed by atoms with E-state index in [9.17, 15) is 4.79 Å². The largest absolute Gasteiger partial charge is 0.453 e. The second-order valence-electron chi connectivity index (χ2n) is 9.34. The quantitative estimate of drug-likeness (QED) is 0.209. The molecule has 0 aliphatic rings. The zero-order valence-corrected chi connectivity index (χ0v) is 23.5. The van der Waals surface area contributed by atoms with Crippen LogP contribution in [0.3, 0.4) is 0 Å². The first-order chi connectivity index (χ1) is 19.3. The number of amides is 1. The molecule has 0 spiro atoms. The Morgan fingerprint density at radius 2 is 1.82 bits per heavy atom. The van der Waals surface area contributed by atoms with Gasteiger partial charge in [0.1, 0.15) is 5.75 Å². The van der Waals surface area contributed by atoms with E-state index in [1.165, 1.54) is 23.5 Å². The average Bonchev–Trinajstić information content (AvgIpc) is 3.36. The number of carbonyl (C=O) groups is 1. The van der Waals surface area contributed by atoms with Crippen LogP contribution in [0, 0.1) is 5.82 Å². The lowest BCUT2D eigenvalue weighted by atomic mass is 10.1. The van der Waals surface area contributed by atoms with Gasteiger partial charge in [-0.15, -0.1) is 11.3 Å². The Morgan fingerprint density at radius 1 is 1.00 bits per heavy atom. The van der Waals surface area contributed by atoms with Crippen molar-refractivity contribution in [3.63, 3.8) is 0 Å². The number of halogens is 1. The highest BCUT2D eigenvalue weighted by molar-refractivity contribution is 7.80. The first kappa shape index (κ1) is 27.3. The van der Waals surface area contributed by atoms with Gasteiger partial charge in [0.2, 0.25) is 5.91 Å². The van der Waals surface area contributed by atoms with Crippen LogP contribution in [-0.4, -0.2) is 40.0 Å². The SMILES string of the molecule is CN(C)Cc1ccc(-c2cc3nccc(Oc4ccc(NC(=S)NC(=O)Cc5ccccc5)cc4F)c3s2)nc1. The molecule has 7 nitrogen and oxygen atoms in total. The summed E-state index contributed by atoms with van der Waals surface area (Å²) in [5, 5.41) is 5.54. The molecular formula is C30H26FN5O2S2. The van der Waals surface area contributed by atoms with Gasteiger partial charge in [-0.2, -0.15) is 0 Å². The van der Waals surface area contributed by atoms with Crippen molar-refractivity contribution in [2.75, 3.05) is 19.4 Å². The standard InChI is InChI=1S/C30H26FN5O2S2/c1-36(2)18-20-8-10-23(33-17-20)27-16-24-29(40-27)26(12-13-32-24)38-25-11-9-21(15-22(25)31)34-30(39)35-28(37)14-19-6-4-3-5-7-19/h3-13,15-17H,14,18H2,1-2H3,(H2,34,35,37,39). The predicted molar refractivity (Wildman–Crippen MR) is 161 cm³/mol. The second kappa shape index (κ2) is 12.3. The van der Waals surface area contributed by atoms with Gasteiger partial charge >= 0.3 is 0 Å². The Kier molecular flexibility index (Phi) is 8.40. The first-order valence-electron chi connectivity index (χ1n) is 12.4. The van der Waals surface area contributed by atoms with Crippen LogP contribution in [-0.2, 0) is 17.8 Å². The Morgan fingerprint density at radius 3 is 2.55 bits per heavy atom. The van der Waals surface area contributed by atoms with Gasteiger partial charge in [0.25, 0.3) is 0 Å². The molecule has 3 aromatic heterocycles. The van der Waals surface area contributed by atoms with Crippen molar-refractivity contribution in [1.82, 2.24) is 20.2 Å². The average molecular weight is 572 g/mol. The molecule has 40 heavy (non-hydrogen) atoms. The van der Waals surface area contributed by atoms with Crippen LogP contribution in [0.1, 0.15) is 11.1 Å². The van der Waals surface area contributed by atoms with E-state index < -0.39 is 5.82 Å². The molecule has 3 heterocycles. The fraction of sp³-hybridized carbons (Fsp3) is 0.133. The molecule has 0 atom stereocenters. The lowest BCUT2D eigenvalue weighted by Gasteiger charge is -2.12. The maximum atomic E-state index is 15.0. The van der Waals surface area contributed by atoms with Gasteiger partial charge in [-0.3, -0.25) is 14.8 Å². The number of benzene rings is 2. The predicted octanol–water partition coefficient (Wildman–Crippen LogP) is 6.41. The molecule has 2 aromatic carbocycles. The van der Waals surface area contributed by atoms with Gasteiger partial charge in [-0.05, 0) is 61.7 Å². The molecule has 5 aromatic rings. The summed E-state index contributed by atoms with van der Waals surface area (Å²) < 4.78 is 21.8. The highest BCUT2D eigenvalue weighted by Crippen LogP contribution is 2.39. The molecule has 10 heteroatoms. The van der Waals surface area contributed by atoms with Crippen LogP contribution in [0.2, 0.25) is 0 Å². The number of nitrogens with zero attached hydrogens (tertiary/aromatic N) is 3. The number of pyridine rings is 2. The van der Waals surface area contributed by atoms with E-state index in [1.807, 2.05) is 62.8 Å². The maximum absolute atomic E-state index is 15.0. The Bertz CT molecular complexity index is 1660. The van der Waals surface area contributed by atoms with Gasteiger partial charge in [0, 0.05) is 36.8 Å². The van der Waals surface area contributed by atoms with Crippen LogP contribution in [0.4, 0.5) is 10.1 Å². The first-order valence-corrected chi connectivity index (χ1v) is 13.7. The number of ether oxygens (including phenoxy) is 1. The van der Waals surface area contributed by atoms with E-state index in [4.69, 9.17) is 17.0 Å². The summed E-state index contributed by atoms with van der Waals surface area (Å²) in [6.07, 6.45) is 3.69. The van der Waals surface area contributed by atoms with E-state index in [0.29, 0.717) is 11.4 Å². The summed E-state index contributed by atoms with van der Waals surface area (Å²) in [6.45, 7) is 0.813. The zero-order valence-electron chi connectivity index (χ0n) is 21.8. The summed E-state index contributed by atoms with van der Waals surface area (Å²) in [6, 6.07) is 21.4. The molecule has 0 aliphatic heterocycles. The lowest BCUT2D eigenvalue weighted by molar-refractivity contribution is -0.119. The molecule has 202 valence electrons. The summed E-state index contributed by atoms with van der Waals surface area (Å²) >= 11 is 6.71. The maximum Gasteiger partial charge on any atom is 0.230 e. The number of anilines is 1. The Hall–Kier alpha value is -4.25. The van der Waals surface area contributed by atoms with Crippen LogP contribution < -0.4 is 15.4 Å². The number of hydrogen-bond acceptors (Lipinski definition) is 7. The van der Waals surface area contributed by atoms with Gasteiger partial charge in [-0.1, -0.05) is 36.4 Å². The number of rotatable bonds is 8. The number of carbonyl (C=O) groups excluding carboxylic acids is 1. The minimum atomic E-state index is -0.580. The Balaban J connectivity index is 1.26. The third kappa shape index (κ3) is 6.84. The minimum absolute atomic E-state index is 0.0539. The third-order valence-corrected chi connectivity index (χ3v) is 7.19. The molecule has 0 unspecified atom stereocenters. The molecular weight excluding hydrogens is 545 g/mol. The lowest BCUT2D eigenvalue weighted by Crippen LogP contribution is -2.35. The minimum Gasteiger partial charge on any atom is -0.453 e. The summed E-state index contributed by atoms with van der Waals surface area (Å²) in [4.78, 5) is 24.3. The van der Waals surface area contributed by atoms with Crippen molar-refractivity contribution < 1.29 is 13.9 Å². The van der Waals surface area contributed by atoms with Gasteiger partial charge in [-0.25, -0.2) is 4.39 Å². The number of fused-ring (bicyclic) bond motifs is 1. The fourth-order valence-corrected chi connectivity index (χ4v) is 5.32. The zero-order chi connectivity index (χ0) is 28.1. The number of thiophene rings is 1. The summed E-state index contributed by atoms with van der Waals surface area (Å²) in [7, 11) is 4.03. The normalized spacial score (nSPS) is 11.0. The molecule has 0 saturated heterocycles. The summed E-state index contributed by atoms with van der Waals surface area (Å²) in [5.74, 6) is -0.295. The van der Waals surface area contributed by atoms with Crippen LogP contribution in [0.25, 0.3) is 20.8 Å². The van der Waals surface area contributed by atoms with E-state index >= 15 is 4.39 Å². The molecule has 0 fully saturated rings. The van der Waals surface area contributed by atoms with Gasteiger partial charge < -0.3 is 20.3 Å². The smallest absolute Gasteiger partial charge is 0.230 e. The summed E-state index contributed by atoms with van der Waals surface area (Å²) in [5.41, 5.74) is 3.96. The van der Waals surface area contributed by atoms with Crippen LogP contribution in [0.5, 0.6) is 11.5 Å². The topological polar surface area (TPSA) is 79.4 Å². The van der Waals surface area contributed by atoms with E-state index in [1.54, 1.807) is 18.3 Å². The second-order valence-corrected chi connectivity index (χ2v) is 10.8. The third-order valence-electron chi connectivity index (χ3n) is 5.82. The van der Waals surface area contributed by atoms with Crippen LogP contribution >= 0.6 is 23.6 Å². The van der Waals surface area contributed by atoms with E-state index in [0.717, 1.165) is 38.5 Å². The van der Waals surface area contributed by atoms with E-state index in [2.05, 4.69) is 31.6 Å². The van der Waals surface area contributed by atoms with Crippen molar-refractivity contribution in [3.05, 3.63) is 102 Å². The molecule has 0 saturated carbocycles. The van der Waals surface area contributed by atoms with E-state index in [-0.39, 0.29) is 23.2 Å². The Labute approximate surface area is 240 Å². The van der Waals surface area contributed by atoms with Crippen molar-refractivity contribution >= 4 is 50.5 Å². The molecule has 5 rings (SSSR count). The highest BCUT2D eigenvalue weighted by atomic mass is 32.1. The van der Waals surface area contributed by atoms with Gasteiger partial charge in [0.05, 0.1) is 27.2 Å². The number of aromatic nitrogens is 2. The highest BCUT2D eigenvalue weighted by Gasteiger charge is 2.14. The number of hydrogen-bond donors (Lipinski definition) is 2. The van der Waals surface area contributed by atoms with Crippen molar-refractivity contribution in [2.45, 2.75) is 13.0 Å². The number of nitrogens with one attached hydrogen (secondary N) is 2. The van der Waals surface area contributed by atoms with Gasteiger partial charge in [0.15, 0.2) is 16.7 Å². The van der Waals surface area contributed by atoms with Crippen molar-refractivity contribution in [3.8, 4) is 22.1 Å². The molecule has 1 amide bonds. The molecule has 0 bridgehead atoms. The van der Waals surface area contributed by atoms with Crippen LogP contribution in [0.15, 0.2) is 85.2 Å². The molecule has 2 N–H and O–H groups in total. The molecule has 0 radical (unpaired) electrons. The fourth-order valence-electron chi connectivity index (χ4n) is 4.04. The van der Waals surface area contributed by atoms with Crippen molar-refractivity contribution in [2.24, 2.45) is 0 Å². The molecule has 0 aliphatic carbocycles. The monoisotopic (exact) mass is 571 g/mol.